The van der Waals surface area contributed by atoms with Gasteiger partial charge in [0.2, 0.25) is 0 Å². The van der Waals surface area contributed by atoms with Crippen molar-refractivity contribution < 1.29 is 13.2 Å². The molecule has 3 atom stereocenters. The molecule has 6 heteroatoms. The first-order chi connectivity index (χ1) is 11.4. The van der Waals surface area contributed by atoms with Gasteiger partial charge in [0.25, 0.3) is 0 Å². The molecule has 1 saturated carbocycles. The molecule has 0 N–H and O–H groups in total. The van der Waals surface area contributed by atoms with Gasteiger partial charge in [-0.2, -0.15) is 5.26 Å². The fourth-order valence-corrected chi connectivity index (χ4v) is 5.47. The predicted molar refractivity (Wildman–Crippen MR) is 90.5 cm³/mol. The Labute approximate surface area is 145 Å². The van der Waals surface area contributed by atoms with Crippen molar-refractivity contribution in [3.8, 4) is 6.07 Å². The number of nitrogens with zero attached hydrogens (tertiary/aromatic N) is 1. The molecule has 1 aliphatic rings. The molecular formula is C18H14ClNO3S. The minimum atomic E-state index is -3.81. The number of hydrogen-bond donors (Lipinski definition) is 0. The topological polar surface area (TPSA) is 75.0 Å². The van der Waals surface area contributed by atoms with Crippen molar-refractivity contribution in [2.24, 2.45) is 5.41 Å². The summed E-state index contributed by atoms with van der Waals surface area (Å²) >= 11 is 5.86. The van der Waals surface area contributed by atoms with Crippen LogP contribution in [0.5, 0.6) is 0 Å². The first-order valence-electron chi connectivity index (χ1n) is 7.30. The van der Waals surface area contributed by atoms with Crippen molar-refractivity contribution >= 4 is 27.7 Å². The van der Waals surface area contributed by atoms with Gasteiger partial charge < -0.3 is 4.79 Å². The molecule has 0 radical (unpaired) electrons. The van der Waals surface area contributed by atoms with Crippen LogP contribution in [0.2, 0.25) is 5.02 Å². The lowest BCUT2D eigenvalue weighted by molar-refractivity contribution is -0.110. The summed E-state index contributed by atoms with van der Waals surface area (Å²) in [7, 11) is -3.81. The lowest BCUT2D eigenvalue weighted by atomic mass is 10.0. The van der Waals surface area contributed by atoms with Crippen molar-refractivity contribution in [3.63, 3.8) is 0 Å². The Hall–Kier alpha value is -2.16. The second-order valence-corrected chi connectivity index (χ2v) is 8.48. The highest BCUT2D eigenvalue weighted by atomic mass is 35.5. The van der Waals surface area contributed by atoms with Gasteiger partial charge in [0.1, 0.15) is 17.0 Å². The van der Waals surface area contributed by atoms with Gasteiger partial charge in [-0.3, -0.25) is 0 Å². The second kappa shape index (κ2) is 5.73. The van der Waals surface area contributed by atoms with Crippen LogP contribution in [0.1, 0.15) is 17.0 Å². The van der Waals surface area contributed by atoms with E-state index >= 15 is 0 Å². The van der Waals surface area contributed by atoms with E-state index < -0.39 is 26.4 Å². The third kappa shape index (κ3) is 2.43. The smallest absolute Gasteiger partial charge is 0.183 e. The molecule has 0 aliphatic heterocycles. The number of sulfone groups is 1. The quantitative estimate of drug-likeness (QED) is 0.785. The number of rotatable bonds is 4. The molecule has 0 unspecified atom stereocenters. The number of hydrogen-bond acceptors (Lipinski definition) is 4. The zero-order valence-electron chi connectivity index (χ0n) is 12.8. The van der Waals surface area contributed by atoms with Crippen molar-refractivity contribution in [2.75, 3.05) is 0 Å². The fraction of sp³-hybridized carbons (Fsp3) is 0.222. The maximum Gasteiger partial charge on any atom is 0.183 e. The molecule has 0 amide bonds. The van der Waals surface area contributed by atoms with Crippen LogP contribution in [-0.2, 0) is 14.6 Å². The Kier molecular flexibility index (Phi) is 3.98. The minimum Gasteiger partial charge on any atom is -0.302 e. The van der Waals surface area contributed by atoms with E-state index in [-0.39, 0.29) is 4.90 Å². The predicted octanol–water partition coefficient (Wildman–Crippen LogP) is 3.30. The molecule has 0 saturated heterocycles. The largest absolute Gasteiger partial charge is 0.302 e. The molecule has 122 valence electrons. The molecule has 0 heterocycles. The normalized spacial score (nSPS) is 25.7. The van der Waals surface area contributed by atoms with E-state index in [0.29, 0.717) is 16.9 Å². The van der Waals surface area contributed by atoms with Crippen LogP contribution in [0.3, 0.4) is 0 Å². The lowest BCUT2D eigenvalue weighted by Crippen LogP contribution is -2.16. The second-order valence-electron chi connectivity index (χ2n) is 5.97. The summed E-state index contributed by atoms with van der Waals surface area (Å²) < 4.78 is 25.9. The number of aryl methyl sites for hydroxylation is 1. The lowest BCUT2D eigenvalue weighted by Gasteiger charge is -2.05. The Morgan fingerprint density at radius 2 is 1.71 bits per heavy atom. The van der Waals surface area contributed by atoms with Crippen LogP contribution in [0.15, 0.2) is 53.4 Å². The summed E-state index contributed by atoms with van der Waals surface area (Å²) in [6.07, 6.45) is 0.461. The van der Waals surface area contributed by atoms with Crippen molar-refractivity contribution in [1.82, 2.24) is 0 Å². The van der Waals surface area contributed by atoms with Gasteiger partial charge in [-0.15, -0.1) is 0 Å². The standard InChI is InChI=1S/C18H14ClNO3S/c1-12-2-8-15(9-3-12)24(22,23)17-16(18(17,10-20)11-21)13-4-6-14(19)7-5-13/h2-9,11,16-17H,1H3/t16-,17-,18-/m1/s1. The molecule has 4 nitrogen and oxygen atoms in total. The summed E-state index contributed by atoms with van der Waals surface area (Å²) in [5, 5.41) is 8.91. The Bertz CT molecular complexity index is 930. The highest BCUT2D eigenvalue weighted by Crippen LogP contribution is 2.62. The molecule has 0 bridgehead atoms. The number of halogens is 1. The Morgan fingerprint density at radius 1 is 1.12 bits per heavy atom. The van der Waals surface area contributed by atoms with E-state index in [0.717, 1.165) is 5.56 Å². The third-order valence-corrected chi connectivity index (χ3v) is 6.99. The van der Waals surface area contributed by atoms with Crippen molar-refractivity contribution in [3.05, 3.63) is 64.7 Å². The van der Waals surface area contributed by atoms with Crippen LogP contribution in [0.25, 0.3) is 0 Å². The Morgan fingerprint density at radius 3 is 2.21 bits per heavy atom. The summed E-state index contributed by atoms with van der Waals surface area (Å²) in [6.45, 7) is 1.86. The number of aldehydes is 1. The van der Waals surface area contributed by atoms with Gasteiger partial charge in [-0.05, 0) is 36.8 Å². The van der Waals surface area contributed by atoms with E-state index in [4.69, 9.17) is 11.6 Å². The Balaban J connectivity index is 2.08. The van der Waals surface area contributed by atoms with Gasteiger partial charge in [-0.1, -0.05) is 41.4 Å². The third-order valence-electron chi connectivity index (χ3n) is 4.48. The maximum absolute atomic E-state index is 13.0. The molecule has 1 aliphatic carbocycles. The van der Waals surface area contributed by atoms with Gasteiger partial charge in [0.05, 0.1) is 11.0 Å². The molecule has 3 rings (SSSR count). The van der Waals surface area contributed by atoms with Crippen LogP contribution in [0.4, 0.5) is 0 Å². The molecule has 0 aromatic heterocycles. The zero-order chi connectivity index (χ0) is 17.5. The SMILES string of the molecule is Cc1ccc(S(=O)(=O)[C@@H]2[C@@H](c3ccc(Cl)cc3)[C@@]2(C#N)C=O)cc1. The summed E-state index contributed by atoms with van der Waals surface area (Å²) in [5.74, 6) is -0.691. The summed E-state index contributed by atoms with van der Waals surface area (Å²) in [6, 6.07) is 14.9. The van der Waals surface area contributed by atoms with E-state index in [2.05, 4.69) is 0 Å². The molecule has 2 aromatic carbocycles. The van der Waals surface area contributed by atoms with Crippen LogP contribution in [-0.4, -0.2) is 20.0 Å². The minimum absolute atomic E-state index is 0.121. The van der Waals surface area contributed by atoms with Gasteiger partial charge in [0, 0.05) is 10.9 Å². The number of benzene rings is 2. The van der Waals surface area contributed by atoms with E-state index in [1.54, 1.807) is 36.4 Å². The van der Waals surface area contributed by atoms with Crippen LogP contribution < -0.4 is 0 Å². The number of carbonyl (C=O) groups is 1. The number of carbonyl (C=O) groups excluding carboxylic acids is 1. The average Bonchev–Trinajstić information content (AvgIpc) is 3.26. The molecule has 1 fully saturated rings. The first kappa shape index (κ1) is 16.7. The van der Waals surface area contributed by atoms with Crippen LogP contribution >= 0.6 is 11.6 Å². The van der Waals surface area contributed by atoms with Gasteiger partial charge in [-0.25, -0.2) is 8.42 Å². The zero-order valence-corrected chi connectivity index (χ0v) is 14.4. The van der Waals surface area contributed by atoms with E-state index in [1.807, 2.05) is 13.0 Å². The fourth-order valence-electron chi connectivity index (χ4n) is 3.11. The highest BCUT2D eigenvalue weighted by molar-refractivity contribution is 7.92. The summed E-state index contributed by atoms with van der Waals surface area (Å²) in [5.41, 5.74) is -0.00737. The highest BCUT2D eigenvalue weighted by Gasteiger charge is 2.72. The maximum atomic E-state index is 13.0. The molecule has 24 heavy (non-hydrogen) atoms. The van der Waals surface area contributed by atoms with E-state index in [1.165, 1.54) is 12.1 Å². The van der Waals surface area contributed by atoms with Gasteiger partial charge in [0.15, 0.2) is 9.84 Å². The number of nitriles is 1. The molecule has 0 spiro atoms. The van der Waals surface area contributed by atoms with Gasteiger partial charge >= 0.3 is 0 Å². The molecular weight excluding hydrogens is 346 g/mol. The summed E-state index contributed by atoms with van der Waals surface area (Å²) in [4.78, 5) is 11.7. The first-order valence-corrected chi connectivity index (χ1v) is 9.23. The average molecular weight is 360 g/mol. The van der Waals surface area contributed by atoms with Crippen LogP contribution in [0, 0.1) is 23.7 Å². The van der Waals surface area contributed by atoms with Crippen molar-refractivity contribution in [2.45, 2.75) is 23.0 Å². The molecule has 2 aromatic rings. The van der Waals surface area contributed by atoms with E-state index in [9.17, 15) is 18.5 Å². The van der Waals surface area contributed by atoms with Crippen molar-refractivity contribution in [1.29, 1.82) is 5.26 Å². The monoisotopic (exact) mass is 359 g/mol.